The van der Waals surface area contributed by atoms with Crippen molar-refractivity contribution in [2.24, 2.45) is 52.8 Å². The largest absolute Gasteiger partial charge is 0.394 e. The van der Waals surface area contributed by atoms with Crippen LogP contribution >= 0.6 is 0 Å². The highest BCUT2D eigenvalue weighted by Crippen LogP contribution is 2.66. The summed E-state index contributed by atoms with van der Waals surface area (Å²) in [6, 6.07) is 0.276. The van der Waals surface area contributed by atoms with Crippen LogP contribution in [0.25, 0.3) is 0 Å². The minimum Gasteiger partial charge on any atom is -0.394 e. The summed E-state index contributed by atoms with van der Waals surface area (Å²) >= 11 is 0. The number of carbonyl (C=O) groups excluding carboxylic acids is 1. The molecule has 3 aliphatic heterocycles. The van der Waals surface area contributed by atoms with E-state index in [1.54, 1.807) is 0 Å². The average Bonchev–Trinajstić information content (AvgIpc) is 3.33. The van der Waals surface area contributed by atoms with Crippen LogP contribution in [0.3, 0.4) is 0 Å². The summed E-state index contributed by atoms with van der Waals surface area (Å²) in [4.78, 5) is 16.5. The third-order valence-corrected chi connectivity index (χ3v) is 14.0. The Labute approximate surface area is 249 Å². The van der Waals surface area contributed by atoms with Crippen molar-refractivity contribution in [2.75, 3.05) is 19.7 Å². The molecule has 3 saturated heterocycles. The molecule has 0 bridgehead atoms. The van der Waals surface area contributed by atoms with E-state index in [9.17, 15) is 30.3 Å². The average molecular weight is 592 g/mol. The van der Waals surface area contributed by atoms with E-state index in [2.05, 4.69) is 25.7 Å². The second kappa shape index (κ2) is 10.7. The molecule has 9 heteroatoms. The van der Waals surface area contributed by atoms with E-state index < -0.39 is 42.9 Å². The van der Waals surface area contributed by atoms with Crippen molar-refractivity contribution in [2.45, 2.75) is 127 Å². The number of ether oxygens (including phenoxy) is 2. The Morgan fingerprint density at radius 2 is 1.69 bits per heavy atom. The normalized spacial score (nSPS) is 57.9. The van der Waals surface area contributed by atoms with Crippen molar-refractivity contribution in [3.8, 4) is 0 Å². The van der Waals surface area contributed by atoms with Crippen LogP contribution in [-0.4, -0.2) is 104 Å². The highest BCUT2D eigenvalue weighted by molar-refractivity contribution is 5.83. The molecule has 0 spiro atoms. The number of fused-ring (bicyclic) bond motifs is 8. The molecular formula is C33H53NO8. The van der Waals surface area contributed by atoms with Gasteiger partial charge in [-0.1, -0.05) is 13.8 Å². The zero-order valence-corrected chi connectivity index (χ0v) is 25.6. The molecule has 9 nitrogen and oxygen atoms in total. The first kappa shape index (κ1) is 30.0. The van der Waals surface area contributed by atoms with Crippen molar-refractivity contribution >= 4 is 5.78 Å². The highest BCUT2D eigenvalue weighted by atomic mass is 16.7. The van der Waals surface area contributed by atoms with Crippen LogP contribution in [-0.2, 0) is 14.3 Å². The fourth-order valence-electron chi connectivity index (χ4n) is 11.8. The molecule has 0 aromatic carbocycles. The molecule has 0 aromatic heterocycles. The van der Waals surface area contributed by atoms with Gasteiger partial charge in [-0.2, -0.15) is 0 Å². The molecule has 7 fully saturated rings. The first-order valence-electron chi connectivity index (χ1n) is 16.9. The summed E-state index contributed by atoms with van der Waals surface area (Å²) < 4.78 is 11.8. The lowest BCUT2D eigenvalue weighted by Gasteiger charge is -2.59. The third kappa shape index (κ3) is 4.50. The van der Waals surface area contributed by atoms with Crippen LogP contribution < -0.4 is 0 Å². The van der Waals surface area contributed by atoms with E-state index in [1.807, 2.05) is 0 Å². The van der Waals surface area contributed by atoms with Crippen LogP contribution in [0.2, 0.25) is 0 Å². The van der Waals surface area contributed by atoms with Gasteiger partial charge in [-0.15, -0.1) is 0 Å². The summed E-state index contributed by atoms with van der Waals surface area (Å²) in [5.74, 6) is 3.79. The molecule has 7 aliphatic rings. The van der Waals surface area contributed by atoms with E-state index in [1.165, 1.54) is 6.42 Å². The highest BCUT2D eigenvalue weighted by Gasteiger charge is 2.64. The van der Waals surface area contributed by atoms with Crippen molar-refractivity contribution in [3.63, 3.8) is 0 Å². The molecule has 42 heavy (non-hydrogen) atoms. The summed E-state index contributed by atoms with van der Waals surface area (Å²) in [5, 5.41) is 52.4. The Morgan fingerprint density at radius 3 is 2.45 bits per heavy atom. The van der Waals surface area contributed by atoms with Gasteiger partial charge in [-0.25, -0.2) is 0 Å². The Morgan fingerprint density at radius 1 is 0.905 bits per heavy atom. The maximum Gasteiger partial charge on any atom is 0.186 e. The van der Waals surface area contributed by atoms with Gasteiger partial charge in [0.25, 0.3) is 0 Å². The summed E-state index contributed by atoms with van der Waals surface area (Å²) in [6.45, 7) is 8.49. The first-order chi connectivity index (χ1) is 19.9. The number of aliphatic hydroxyl groups excluding tert-OH is 4. The number of hydrogen-bond donors (Lipinski definition) is 5. The second-order valence-corrected chi connectivity index (χ2v) is 16.0. The Hall–Kier alpha value is -0.650. The number of Topliss-reactive ketones (excluding diaryl/α,β-unsaturated/α-hetero) is 1. The molecule has 0 radical (unpaired) electrons. The number of nitrogens with zero attached hydrogens (tertiary/aromatic N) is 1. The van der Waals surface area contributed by atoms with Gasteiger partial charge in [0.15, 0.2) is 6.29 Å². The Kier molecular flexibility index (Phi) is 7.66. The van der Waals surface area contributed by atoms with Crippen LogP contribution in [0.5, 0.6) is 0 Å². The standard InChI is InChI=1S/C33H53NO8/c1-16-4-7-27-33(3,40)22-6-5-18-19(21(22)14-34(27)13-16)11-23-20(18)12-25(36)24-10-17(8-9-32(23,24)2)41-31-30(39)29(38)28(37)26(15-35)42-31/h16-24,26-31,35,37-40H,4-15H2,1-3H3/t16-,17-,18?,19?,20-,21-,22+,23?,24?,26+,27+,28+,29-,30+,31+,32+,33-/m0/s1. The molecule has 4 aliphatic carbocycles. The smallest absolute Gasteiger partial charge is 0.186 e. The molecule has 4 unspecified atom stereocenters. The number of aliphatic hydroxyl groups is 5. The molecule has 3 heterocycles. The van der Waals surface area contributed by atoms with Crippen LogP contribution in [0, 0.1) is 52.8 Å². The van der Waals surface area contributed by atoms with Crippen LogP contribution in [0.1, 0.15) is 78.6 Å². The minimum absolute atomic E-state index is 0.0958. The second-order valence-electron chi connectivity index (χ2n) is 16.0. The number of carbonyl (C=O) groups is 1. The molecule has 5 N–H and O–H groups in total. The van der Waals surface area contributed by atoms with Gasteiger partial charge in [-0.05, 0) is 105 Å². The summed E-state index contributed by atoms with van der Waals surface area (Å²) in [5.41, 5.74) is -0.745. The lowest BCUT2D eigenvalue weighted by atomic mass is 9.51. The lowest BCUT2D eigenvalue weighted by Crippen LogP contribution is -2.67. The zero-order chi connectivity index (χ0) is 29.7. The molecule has 4 saturated carbocycles. The van der Waals surface area contributed by atoms with E-state index in [-0.39, 0.29) is 23.5 Å². The van der Waals surface area contributed by atoms with Crippen molar-refractivity contribution in [1.82, 2.24) is 4.90 Å². The van der Waals surface area contributed by atoms with Gasteiger partial charge < -0.3 is 35.0 Å². The van der Waals surface area contributed by atoms with E-state index in [4.69, 9.17) is 9.47 Å². The quantitative estimate of drug-likeness (QED) is 0.310. The molecule has 0 amide bonds. The third-order valence-electron chi connectivity index (χ3n) is 14.0. The maximum absolute atomic E-state index is 13.9. The Bertz CT molecular complexity index is 1040. The zero-order valence-electron chi connectivity index (χ0n) is 25.6. The van der Waals surface area contributed by atoms with E-state index >= 15 is 0 Å². The van der Waals surface area contributed by atoms with Crippen molar-refractivity contribution in [3.05, 3.63) is 0 Å². The van der Waals surface area contributed by atoms with E-state index in [0.29, 0.717) is 60.1 Å². The predicted molar refractivity (Wildman–Crippen MR) is 153 cm³/mol. The molecule has 7 rings (SSSR count). The van der Waals surface area contributed by atoms with Gasteiger partial charge in [0, 0.05) is 31.5 Å². The molecule has 17 atom stereocenters. The molecule has 0 aromatic rings. The van der Waals surface area contributed by atoms with Gasteiger partial charge in [0.1, 0.15) is 30.2 Å². The van der Waals surface area contributed by atoms with Crippen molar-refractivity contribution in [1.29, 1.82) is 0 Å². The van der Waals surface area contributed by atoms with Gasteiger partial charge in [0.2, 0.25) is 0 Å². The fraction of sp³-hybridized carbons (Fsp3) is 0.970. The van der Waals surface area contributed by atoms with Gasteiger partial charge in [-0.3, -0.25) is 9.69 Å². The molecular weight excluding hydrogens is 538 g/mol. The Balaban J connectivity index is 1.07. The van der Waals surface area contributed by atoms with E-state index in [0.717, 1.165) is 51.6 Å². The predicted octanol–water partition coefficient (Wildman–Crippen LogP) is 1.71. The van der Waals surface area contributed by atoms with Crippen LogP contribution in [0.4, 0.5) is 0 Å². The maximum atomic E-state index is 13.9. The first-order valence-corrected chi connectivity index (χ1v) is 16.9. The fourth-order valence-corrected chi connectivity index (χ4v) is 11.8. The van der Waals surface area contributed by atoms with Crippen molar-refractivity contribution < 1.29 is 39.8 Å². The van der Waals surface area contributed by atoms with Gasteiger partial charge >= 0.3 is 0 Å². The molecule has 238 valence electrons. The summed E-state index contributed by atoms with van der Waals surface area (Å²) in [7, 11) is 0. The minimum atomic E-state index is -1.47. The topological polar surface area (TPSA) is 140 Å². The number of ketones is 1. The summed E-state index contributed by atoms with van der Waals surface area (Å²) in [6.07, 6.45) is 1.67. The number of rotatable bonds is 3. The number of hydrogen-bond acceptors (Lipinski definition) is 9. The SMILES string of the molecule is C[C@H]1CC[C@H]2N(C1)C[C@H]1C3CC4[C@@H](CC(=O)C5C[C@@H](O[C@@H]6O[C@H](CO)[C@@H](O)[C@H](O)[C@H]6O)CC[C@@]54C)C3CC[C@H]1[C@]2(C)O. The number of piperidine rings is 2. The lowest BCUT2D eigenvalue weighted by molar-refractivity contribution is -0.315. The van der Waals surface area contributed by atoms with Gasteiger partial charge in [0.05, 0.1) is 18.3 Å². The van der Waals surface area contributed by atoms with Crippen LogP contribution in [0.15, 0.2) is 0 Å². The monoisotopic (exact) mass is 591 g/mol.